The van der Waals surface area contributed by atoms with Gasteiger partial charge in [0.1, 0.15) is 5.69 Å². The van der Waals surface area contributed by atoms with Crippen molar-refractivity contribution in [3.63, 3.8) is 0 Å². The van der Waals surface area contributed by atoms with E-state index in [1.165, 1.54) is 5.32 Å². The Morgan fingerprint density at radius 3 is 2.04 bits per heavy atom. The summed E-state index contributed by atoms with van der Waals surface area (Å²) in [6.07, 6.45) is -6.62. The van der Waals surface area contributed by atoms with Crippen LogP contribution in [0.25, 0.3) is 0 Å². The third kappa shape index (κ3) is 4.21. The molecule has 0 heterocycles. The number of nitrogen functional groups attached to an aromatic ring is 1. The zero-order valence-corrected chi connectivity index (χ0v) is 13.6. The van der Waals surface area contributed by atoms with Gasteiger partial charge in [0.25, 0.3) is 0 Å². The highest BCUT2D eigenvalue weighted by atomic mass is 19.4. The number of alkyl halides is 7. The lowest BCUT2D eigenvalue weighted by Crippen LogP contribution is -2.57. The number of halogens is 7. The molecule has 0 aliphatic heterocycles. The van der Waals surface area contributed by atoms with Crippen molar-refractivity contribution < 1.29 is 35.5 Å². The predicted molar refractivity (Wildman–Crippen MR) is 86.1 cm³/mol. The van der Waals surface area contributed by atoms with Crippen molar-refractivity contribution >= 4 is 28.7 Å². The average molecular weight is 408 g/mol. The molecule has 5 nitrogen and oxygen atoms in total. The third-order valence-electron chi connectivity index (χ3n) is 3.35. The van der Waals surface area contributed by atoms with Crippen LogP contribution in [0.2, 0.25) is 0 Å². The molecule has 3 N–H and O–H groups in total. The number of anilines is 2. The van der Waals surface area contributed by atoms with E-state index in [1.54, 1.807) is 30.3 Å². The van der Waals surface area contributed by atoms with Gasteiger partial charge >= 0.3 is 23.9 Å². The predicted octanol–water partition coefficient (Wildman–Crippen LogP) is 5.46. The lowest BCUT2D eigenvalue weighted by atomic mass is 10.1. The maximum atomic E-state index is 13.3. The van der Waals surface area contributed by atoms with Crippen LogP contribution in [-0.2, 0) is 4.79 Å². The van der Waals surface area contributed by atoms with E-state index in [-0.39, 0.29) is 11.4 Å². The molecule has 0 fully saturated rings. The Morgan fingerprint density at radius 1 is 0.893 bits per heavy atom. The van der Waals surface area contributed by atoms with Gasteiger partial charge in [-0.15, -0.1) is 5.11 Å². The van der Waals surface area contributed by atoms with Gasteiger partial charge < -0.3 is 11.1 Å². The fourth-order valence-electron chi connectivity index (χ4n) is 1.86. The fraction of sp³-hybridized carbons (Fsp3) is 0.188. The minimum atomic E-state index is -6.62. The second-order valence-electron chi connectivity index (χ2n) is 5.41. The monoisotopic (exact) mass is 408 g/mol. The zero-order valence-electron chi connectivity index (χ0n) is 13.6. The summed E-state index contributed by atoms with van der Waals surface area (Å²) >= 11 is 0. The molecule has 150 valence electrons. The van der Waals surface area contributed by atoms with Gasteiger partial charge in [0.15, 0.2) is 0 Å². The number of hydrogen-bond donors (Lipinski definition) is 2. The van der Waals surface area contributed by atoms with E-state index in [2.05, 4.69) is 10.2 Å². The van der Waals surface area contributed by atoms with Crippen molar-refractivity contribution in [2.75, 3.05) is 11.1 Å². The van der Waals surface area contributed by atoms with Crippen LogP contribution in [-0.4, -0.2) is 23.9 Å². The van der Waals surface area contributed by atoms with Gasteiger partial charge in [-0.05, 0) is 30.3 Å². The molecule has 0 bridgehead atoms. The van der Waals surface area contributed by atoms with E-state index in [9.17, 15) is 35.5 Å². The van der Waals surface area contributed by atoms with Gasteiger partial charge in [-0.25, -0.2) is 0 Å². The van der Waals surface area contributed by atoms with E-state index in [0.29, 0.717) is 5.69 Å². The molecule has 2 rings (SSSR count). The van der Waals surface area contributed by atoms with Gasteiger partial charge in [-0.3, -0.25) is 4.79 Å². The molecule has 0 atom stereocenters. The summed E-state index contributed by atoms with van der Waals surface area (Å²) in [4.78, 5) is 11.3. The Labute approximate surface area is 153 Å². The van der Waals surface area contributed by atoms with Crippen LogP contribution >= 0.6 is 0 Å². The number of carbonyl (C=O) groups excluding carboxylic acids is 1. The molecule has 0 aromatic heterocycles. The summed E-state index contributed by atoms with van der Waals surface area (Å²) in [6.45, 7) is 0. The van der Waals surface area contributed by atoms with Crippen molar-refractivity contribution in [2.45, 2.75) is 18.0 Å². The van der Waals surface area contributed by atoms with Crippen LogP contribution in [0.4, 0.5) is 53.5 Å². The number of nitrogens with two attached hydrogens (primary N) is 1. The smallest absolute Gasteiger partial charge is 0.397 e. The highest BCUT2D eigenvalue weighted by molar-refractivity contribution is 5.97. The fourth-order valence-corrected chi connectivity index (χ4v) is 1.86. The van der Waals surface area contributed by atoms with E-state index in [4.69, 9.17) is 5.73 Å². The van der Waals surface area contributed by atoms with Gasteiger partial charge in [0.05, 0.1) is 11.4 Å². The SMILES string of the molecule is Nc1cc(NC(=O)C(F)(F)C(F)(F)C(F)(F)F)ccc1N=Nc1ccccc1. The summed E-state index contributed by atoms with van der Waals surface area (Å²) in [5, 5.41) is 8.91. The maximum absolute atomic E-state index is 13.3. The normalized spacial score (nSPS) is 13.0. The second kappa shape index (κ2) is 7.44. The minimum absolute atomic E-state index is 0.0502. The third-order valence-corrected chi connectivity index (χ3v) is 3.35. The number of nitrogens with zero attached hydrogens (tertiary/aromatic N) is 2. The molecular formula is C16H11F7N4O. The second-order valence-corrected chi connectivity index (χ2v) is 5.41. The van der Waals surface area contributed by atoms with Gasteiger partial charge in [0.2, 0.25) is 0 Å². The molecule has 0 saturated carbocycles. The van der Waals surface area contributed by atoms with Crippen LogP contribution in [0.15, 0.2) is 58.8 Å². The molecule has 0 saturated heterocycles. The molecule has 0 aliphatic rings. The van der Waals surface area contributed by atoms with Crippen LogP contribution in [0.5, 0.6) is 0 Å². The van der Waals surface area contributed by atoms with Crippen LogP contribution in [0.3, 0.4) is 0 Å². The van der Waals surface area contributed by atoms with Gasteiger partial charge in [-0.2, -0.15) is 35.8 Å². The van der Waals surface area contributed by atoms with Gasteiger partial charge in [0, 0.05) is 5.69 Å². The zero-order chi connectivity index (χ0) is 21.2. The topological polar surface area (TPSA) is 79.8 Å². The van der Waals surface area contributed by atoms with E-state index >= 15 is 0 Å². The molecule has 1 amide bonds. The Morgan fingerprint density at radius 2 is 1.50 bits per heavy atom. The summed E-state index contributed by atoms with van der Waals surface area (Å²) in [6, 6.07) is 11.3. The summed E-state index contributed by atoms with van der Waals surface area (Å²) < 4.78 is 88.7. The number of amides is 1. The molecule has 2 aromatic carbocycles. The number of hydrogen-bond acceptors (Lipinski definition) is 4. The first-order valence-corrected chi connectivity index (χ1v) is 7.36. The maximum Gasteiger partial charge on any atom is 0.460 e. The standard InChI is InChI=1S/C16H11F7N4O/c17-14(18,15(19,20)16(21,22)23)13(28)25-10-6-7-12(11(24)8-10)27-26-9-4-2-1-3-5-9/h1-8H,24H2,(H,25,28). The number of azo groups is 1. The van der Waals surface area contributed by atoms with Crippen molar-refractivity contribution in [1.29, 1.82) is 0 Å². The highest BCUT2D eigenvalue weighted by Gasteiger charge is 2.76. The highest BCUT2D eigenvalue weighted by Crippen LogP contribution is 2.47. The molecular weight excluding hydrogens is 397 g/mol. The number of benzene rings is 2. The van der Waals surface area contributed by atoms with Crippen molar-refractivity contribution in [2.24, 2.45) is 10.2 Å². The molecule has 0 aliphatic carbocycles. The van der Waals surface area contributed by atoms with Crippen molar-refractivity contribution in [3.8, 4) is 0 Å². The molecule has 28 heavy (non-hydrogen) atoms. The first-order chi connectivity index (χ1) is 12.9. The lowest BCUT2D eigenvalue weighted by Gasteiger charge is -2.27. The quantitative estimate of drug-likeness (QED) is 0.392. The molecule has 0 unspecified atom stereocenters. The molecule has 0 radical (unpaired) electrons. The lowest BCUT2D eigenvalue weighted by molar-refractivity contribution is -0.343. The summed E-state index contributed by atoms with van der Waals surface area (Å²) in [5.74, 6) is -15.4. The molecule has 12 heteroatoms. The van der Waals surface area contributed by atoms with E-state index < -0.39 is 29.6 Å². The first kappa shape index (κ1) is 21.1. The van der Waals surface area contributed by atoms with Crippen LogP contribution in [0, 0.1) is 0 Å². The number of nitrogens with one attached hydrogen (secondary N) is 1. The Balaban J connectivity index is 2.18. The van der Waals surface area contributed by atoms with Crippen LogP contribution in [0.1, 0.15) is 0 Å². The van der Waals surface area contributed by atoms with Gasteiger partial charge in [-0.1, -0.05) is 18.2 Å². The molecule has 2 aromatic rings. The molecule has 0 spiro atoms. The van der Waals surface area contributed by atoms with E-state index in [0.717, 1.165) is 18.2 Å². The van der Waals surface area contributed by atoms with E-state index in [1.807, 2.05) is 0 Å². The Bertz CT molecular complexity index is 882. The number of rotatable bonds is 5. The number of carbonyl (C=O) groups is 1. The summed E-state index contributed by atoms with van der Waals surface area (Å²) in [7, 11) is 0. The summed E-state index contributed by atoms with van der Waals surface area (Å²) in [5.41, 5.74) is 5.40. The van der Waals surface area contributed by atoms with Crippen LogP contribution < -0.4 is 11.1 Å². The minimum Gasteiger partial charge on any atom is -0.397 e. The first-order valence-electron chi connectivity index (χ1n) is 7.36. The van der Waals surface area contributed by atoms with Crippen molar-refractivity contribution in [1.82, 2.24) is 0 Å². The largest absolute Gasteiger partial charge is 0.460 e. The average Bonchev–Trinajstić information content (AvgIpc) is 2.60. The Hall–Kier alpha value is -3.18. The Kier molecular flexibility index (Phi) is 5.62. The van der Waals surface area contributed by atoms with Crippen molar-refractivity contribution in [3.05, 3.63) is 48.5 Å².